The second-order valence-electron chi connectivity index (χ2n) is 3.25. The molecular weight excluding hydrogens is 384 g/mol. The molecule has 24 heavy (non-hydrogen) atoms. The zero-order valence-electron chi connectivity index (χ0n) is 15.6. The third-order valence-corrected chi connectivity index (χ3v) is 2.45. The molecule has 144 valence electrons. The summed E-state index contributed by atoms with van der Waals surface area (Å²) >= 11 is 0. The summed E-state index contributed by atoms with van der Waals surface area (Å²) in [6.45, 7) is 0. The van der Waals surface area contributed by atoms with Gasteiger partial charge < -0.3 is 45.5 Å². The normalized spacial score (nSPS) is 12.0. The van der Waals surface area contributed by atoms with E-state index in [1.54, 1.807) is 12.1 Å². The first-order chi connectivity index (χ1) is 9.79. The number of aromatic hydroxyl groups is 1. The van der Waals surface area contributed by atoms with Gasteiger partial charge in [-0.15, -0.1) is 0 Å². The molecule has 0 aliphatic heterocycles. The second-order valence-corrected chi connectivity index (χ2v) is 3.25. The predicted octanol–water partition coefficient (Wildman–Crippen LogP) is 1.09. The van der Waals surface area contributed by atoms with Crippen LogP contribution in [-0.2, 0) is 49.9 Å². The monoisotopic (exact) mass is 418 g/mol. The van der Waals surface area contributed by atoms with Crippen molar-refractivity contribution in [1.82, 2.24) is 0 Å². The fourth-order valence-electron chi connectivity index (χ4n) is 1.80. The average molecular weight is 418 g/mol. The van der Waals surface area contributed by atoms with Crippen LogP contribution in [0.25, 0.3) is 0 Å². The molecule has 0 aromatic heterocycles. The molecule has 0 saturated carbocycles. The Morgan fingerprint density at radius 2 is 1.25 bits per heavy atom. The van der Waals surface area contributed by atoms with Crippen molar-refractivity contribution in [2.24, 2.45) is 0 Å². The molecule has 0 spiro atoms. The number of phenolic OH excluding ortho intramolecular Hbond substituents is 1. The molecule has 6 nitrogen and oxygen atoms in total. The van der Waals surface area contributed by atoms with E-state index in [9.17, 15) is 10.2 Å². The number of phenols is 1. The van der Waals surface area contributed by atoms with Crippen LogP contribution in [0.5, 0.6) is 5.75 Å². The van der Waals surface area contributed by atoms with E-state index in [2.05, 4.69) is 0 Å². The van der Waals surface area contributed by atoms with Crippen molar-refractivity contribution in [2.45, 2.75) is 25.4 Å². The third kappa shape index (κ3) is 17.1. The second kappa shape index (κ2) is 34.6. The first-order valence-electron chi connectivity index (χ1n) is 6.07. The molecule has 1 aromatic carbocycles. The van der Waals surface area contributed by atoms with E-state index in [1.807, 2.05) is 6.07 Å². The van der Waals surface area contributed by atoms with E-state index in [-0.39, 0.29) is 64.4 Å². The van der Waals surface area contributed by atoms with Gasteiger partial charge in [-0.25, -0.2) is 0 Å². The van der Waals surface area contributed by atoms with Crippen LogP contribution in [0.2, 0.25) is 0 Å². The molecule has 1 aliphatic carbocycles. The van der Waals surface area contributed by atoms with E-state index < -0.39 is 0 Å². The minimum Gasteiger partial charge on any atom is -0.508 e. The molecule has 1 unspecified atom stereocenters. The van der Waals surface area contributed by atoms with Crippen molar-refractivity contribution < 1.29 is 74.1 Å². The molecule has 8 heteroatoms. The largest absolute Gasteiger partial charge is 0.508 e. The summed E-state index contributed by atoms with van der Waals surface area (Å²) in [5.74, 6) is 0.325. The van der Waals surface area contributed by atoms with E-state index in [1.165, 1.54) is 0 Å². The fraction of sp³-hybridized carbons (Fsp3) is 0.500. The predicted molar refractivity (Wildman–Crippen MR) is 91.4 cm³/mol. The average Bonchev–Trinajstić information content (AvgIpc) is 2.56. The zero-order chi connectivity index (χ0) is 16.6. The van der Waals surface area contributed by atoms with Crippen molar-refractivity contribution >= 4 is 0 Å². The molecule has 0 fully saturated rings. The van der Waals surface area contributed by atoms with Crippen LogP contribution in [-0.4, -0.2) is 59.1 Å². The SMILES string of the molecule is CO.CO.CO.CO.Oc1cccc2c1CCCC2O.[CH3-].[CH3-].[Ti].[Ti]. The van der Waals surface area contributed by atoms with Gasteiger partial charge in [0.1, 0.15) is 5.75 Å². The van der Waals surface area contributed by atoms with Crippen molar-refractivity contribution in [2.75, 3.05) is 28.4 Å². The number of aliphatic hydroxyl groups excluding tert-OH is 5. The Bertz CT molecular complexity index is 315. The maximum absolute atomic E-state index is 9.57. The maximum Gasteiger partial charge on any atom is 0.119 e. The molecule has 0 radical (unpaired) electrons. The van der Waals surface area contributed by atoms with E-state index in [0.717, 1.165) is 58.8 Å². The standard InChI is InChI=1S/C10H12O2.4CH4O.2CH3.2Ti/c11-9-5-1-3-7-8(9)4-2-6-10(7)12;4*1-2;;;;/h1,3,5,10-12H,2,4,6H2;4*2H,1H3;2*1H3;;/q;;;;;2*-1;;. The Morgan fingerprint density at radius 3 is 1.62 bits per heavy atom. The molecule has 1 atom stereocenters. The van der Waals surface area contributed by atoms with Crippen molar-refractivity contribution in [3.8, 4) is 5.75 Å². The molecule has 1 aliphatic rings. The van der Waals surface area contributed by atoms with Crippen LogP contribution < -0.4 is 0 Å². The van der Waals surface area contributed by atoms with Gasteiger partial charge in [0.25, 0.3) is 0 Å². The van der Waals surface area contributed by atoms with Crippen LogP contribution in [0.1, 0.15) is 30.1 Å². The van der Waals surface area contributed by atoms with Crippen molar-refractivity contribution in [1.29, 1.82) is 0 Å². The summed E-state index contributed by atoms with van der Waals surface area (Å²) in [6, 6.07) is 5.35. The van der Waals surface area contributed by atoms with Gasteiger partial charge in [-0.2, -0.15) is 0 Å². The smallest absolute Gasteiger partial charge is 0.119 e. The fourth-order valence-corrected chi connectivity index (χ4v) is 1.80. The third-order valence-electron chi connectivity index (χ3n) is 2.45. The quantitative estimate of drug-likeness (QED) is 0.277. The van der Waals surface area contributed by atoms with Crippen molar-refractivity contribution in [3.63, 3.8) is 0 Å². The van der Waals surface area contributed by atoms with Crippen LogP contribution in [0.4, 0.5) is 0 Å². The van der Waals surface area contributed by atoms with Gasteiger partial charge in [0.15, 0.2) is 0 Å². The molecular formula is C16H34O6Ti2-2. The number of rotatable bonds is 0. The summed E-state index contributed by atoms with van der Waals surface area (Å²) in [5.41, 5.74) is 1.83. The number of benzene rings is 1. The van der Waals surface area contributed by atoms with Gasteiger partial charge in [0.2, 0.25) is 0 Å². The van der Waals surface area contributed by atoms with Gasteiger partial charge >= 0.3 is 0 Å². The number of aliphatic hydroxyl groups is 5. The topological polar surface area (TPSA) is 121 Å². The summed E-state index contributed by atoms with van der Waals surface area (Å²) < 4.78 is 0. The summed E-state index contributed by atoms with van der Waals surface area (Å²) in [4.78, 5) is 0. The molecule has 1 aromatic rings. The van der Waals surface area contributed by atoms with Gasteiger partial charge in [-0.3, -0.25) is 0 Å². The van der Waals surface area contributed by atoms with Gasteiger partial charge in [0.05, 0.1) is 6.10 Å². The molecule has 2 rings (SSSR count). The Kier molecular flexibility index (Phi) is 63.4. The van der Waals surface area contributed by atoms with E-state index in [0.29, 0.717) is 5.75 Å². The Morgan fingerprint density at radius 1 is 0.833 bits per heavy atom. The van der Waals surface area contributed by atoms with Crippen LogP contribution in [0, 0.1) is 14.9 Å². The van der Waals surface area contributed by atoms with Gasteiger partial charge in [-0.1, -0.05) is 12.1 Å². The first-order valence-corrected chi connectivity index (χ1v) is 6.07. The van der Waals surface area contributed by atoms with E-state index >= 15 is 0 Å². The van der Waals surface area contributed by atoms with Crippen LogP contribution in [0.3, 0.4) is 0 Å². The first kappa shape index (κ1) is 44.1. The Labute approximate surface area is 177 Å². The zero-order valence-corrected chi connectivity index (χ0v) is 18.7. The van der Waals surface area contributed by atoms with Crippen LogP contribution in [0.15, 0.2) is 18.2 Å². The van der Waals surface area contributed by atoms with Gasteiger partial charge in [-0.05, 0) is 36.5 Å². The maximum atomic E-state index is 9.57. The minimum atomic E-state index is -0.374. The van der Waals surface area contributed by atoms with Crippen LogP contribution >= 0.6 is 0 Å². The van der Waals surface area contributed by atoms with Gasteiger partial charge in [0, 0.05) is 71.9 Å². The molecule has 0 saturated heterocycles. The Hall–Kier alpha value is 0.249. The summed E-state index contributed by atoms with van der Waals surface area (Å²) in [6.07, 6.45) is 2.29. The number of fused-ring (bicyclic) bond motifs is 1. The molecule has 0 bridgehead atoms. The van der Waals surface area contributed by atoms with Crippen molar-refractivity contribution in [3.05, 3.63) is 44.2 Å². The van der Waals surface area contributed by atoms with E-state index in [4.69, 9.17) is 20.4 Å². The molecule has 0 heterocycles. The minimum absolute atomic E-state index is 0. The number of hydrogen-bond acceptors (Lipinski definition) is 6. The number of hydrogen-bond donors (Lipinski definition) is 6. The summed E-state index contributed by atoms with van der Waals surface area (Å²) in [7, 11) is 4.00. The summed E-state index contributed by atoms with van der Waals surface area (Å²) in [5, 5.41) is 47.0. The molecule has 0 amide bonds. The Balaban J connectivity index is -0.0000000430. The molecule has 6 N–H and O–H groups in total.